The minimum Gasteiger partial charge on any atom is -0.507 e. The molecule has 0 bridgehead atoms. The molecule has 2 aromatic carbocycles. The van der Waals surface area contributed by atoms with Gasteiger partial charge >= 0.3 is 11.9 Å². The van der Waals surface area contributed by atoms with Crippen LogP contribution in [-0.2, 0) is 44.4 Å². The largest absolute Gasteiger partial charge is 0.507 e. The fourth-order valence-corrected chi connectivity index (χ4v) is 6.28. The fourth-order valence-electron chi connectivity index (χ4n) is 6.28. The molecule has 3 heterocycles. The van der Waals surface area contributed by atoms with Crippen LogP contribution in [0.25, 0.3) is 0 Å². The van der Waals surface area contributed by atoms with Crippen molar-refractivity contribution in [1.29, 1.82) is 0 Å². The number of hydrogen-bond donors (Lipinski definition) is 6. The maximum atomic E-state index is 14.4. The van der Waals surface area contributed by atoms with Gasteiger partial charge in [-0.3, -0.25) is 14.4 Å². The zero-order valence-corrected chi connectivity index (χ0v) is 29.8. The predicted octanol–water partition coefficient (Wildman–Crippen LogP) is 1.07. The molecule has 12 atom stereocenters. The number of rotatable bonds is 10. The van der Waals surface area contributed by atoms with E-state index in [9.17, 15) is 45.0 Å². The van der Waals surface area contributed by atoms with Crippen LogP contribution in [0.2, 0.25) is 0 Å². The van der Waals surface area contributed by atoms with Crippen molar-refractivity contribution in [2.75, 3.05) is 7.11 Å². The Hall–Kier alpha value is -4.33. The number of fused-ring (bicyclic) bond motifs is 1. The number of phenols is 2. The van der Waals surface area contributed by atoms with Gasteiger partial charge in [-0.2, -0.15) is 0 Å². The van der Waals surface area contributed by atoms with Crippen LogP contribution in [0.15, 0.2) is 42.0 Å². The second kappa shape index (κ2) is 16.4. The summed E-state index contributed by atoms with van der Waals surface area (Å²) in [6.45, 7) is 7.26. The monoisotopic (exact) mass is 748 g/mol. The van der Waals surface area contributed by atoms with Gasteiger partial charge in [-0.15, -0.1) is 0 Å². The third-order valence-corrected chi connectivity index (χ3v) is 8.96. The molecule has 2 fully saturated rings. The molecule has 2 saturated heterocycles. The van der Waals surface area contributed by atoms with Crippen LogP contribution in [0.1, 0.15) is 62.2 Å². The Balaban J connectivity index is 1.52. The first-order valence-electron chi connectivity index (χ1n) is 16.8. The fraction of sp³-hybridized carbons (Fsp3) is 0.528. The number of aromatic hydroxyl groups is 2. The highest BCUT2D eigenvalue weighted by Gasteiger charge is 2.54. The highest BCUT2D eigenvalue weighted by atomic mass is 16.8. The molecule has 53 heavy (non-hydrogen) atoms. The molecule has 290 valence electrons. The summed E-state index contributed by atoms with van der Waals surface area (Å²) in [4.78, 5) is 38.1. The standard InChI is InChI=1S/C36H44O17/c1-14(2)7-12-20-21(39)13-22(40)23-24(41)32(30(50-31(20)23)18-8-10-19(46-6)11-9-18)51-36-28(45)33(29(15(3)47-36)48-16(4)37)52-35-27(44)25(42)26(43)34(53-35)49-17(5)38/h7-11,13,15,25-30,32-36,39-40,42-45H,12H2,1-6H3. The lowest BCUT2D eigenvalue weighted by molar-refractivity contribution is -0.379. The molecule has 2 aromatic rings. The van der Waals surface area contributed by atoms with E-state index in [1.165, 1.54) is 14.0 Å². The summed E-state index contributed by atoms with van der Waals surface area (Å²) in [6.07, 6.45) is -18.2. The second-order valence-electron chi connectivity index (χ2n) is 13.1. The average Bonchev–Trinajstić information content (AvgIpc) is 3.09. The molecule has 17 heteroatoms. The normalized spacial score (nSPS) is 32.5. The van der Waals surface area contributed by atoms with Gasteiger partial charge in [0.2, 0.25) is 12.1 Å². The molecule has 0 saturated carbocycles. The van der Waals surface area contributed by atoms with Crippen molar-refractivity contribution < 1.29 is 82.9 Å². The molecule has 3 aliphatic heterocycles. The van der Waals surface area contributed by atoms with Crippen LogP contribution in [0.5, 0.6) is 23.0 Å². The zero-order chi connectivity index (χ0) is 38.9. The van der Waals surface area contributed by atoms with Gasteiger partial charge in [0.15, 0.2) is 30.9 Å². The first-order chi connectivity index (χ1) is 25.0. The molecule has 0 amide bonds. The average molecular weight is 749 g/mol. The van der Waals surface area contributed by atoms with Gasteiger partial charge in [-0.05, 0) is 44.9 Å². The first kappa shape index (κ1) is 39.9. The number of ketones is 1. The number of aliphatic hydroxyl groups is 4. The Morgan fingerprint density at radius 1 is 0.792 bits per heavy atom. The van der Waals surface area contributed by atoms with E-state index in [-0.39, 0.29) is 29.0 Å². The number of aliphatic hydroxyl groups excluding tert-OH is 4. The smallest absolute Gasteiger partial charge is 0.305 e. The van der Waals surface area contributed by atoms with Crippen molar-refractivity contribution in [2.45, 2.75) is 115 Å². The molecule has 17 nitrogen and oxygen atoms in total. The third-order valence-electron chi connectivity index (χ3n) is 8.96. The van der Waals surface area contributed by atoms with Crippen LogP contribution in [0.4, 0.5) is 0 Å². The number of allylic oxidation sites excluding steroid dienone is 2. The van der Waals surface area contributed by atoms with E-state index in [4.69, 9.17) is 37.9 Å². The third kappa shape index (κ3) is 8.42. The number of hydrogen-bond acceptors (Lipinski definition) is 17. The van der Waals surface area contributed by atoms with Crippen LogP contribution >= 0.6 is 0 Å². The maximum absolute atomic E-state index is 14.4. The summed E-state index contributed by atoms with van der Waals surface area (Å²) >= 11 is 0. The van der Waals surface area contributed by atoms with E-state index in [0.717, 1.165) is 25.5 Å². The Bertz CT molecular complexity index is 1690. The van der Waals surface area contributed by atoms with Crippen LogP contribution in [-0.4, -0.2) is 123 Å². The number of phenolic OH excluding ortho intramolecular Hbond substituents is 2. The van der Waals surface area contributed by atoms with Crippen LogP contribution in [0, 0.1) is 0 Å². The molecule has 12 unspecified atom stereocenters. The van der Waals surface area contributed by atoms with Crippen molar-refractivity contribution in [3.05, 3.63) is 58.7 Å². The van der Waals surface area contributed by atoms with E-state index in [1.54, 1.807) is 30.3 Å². The minimum absolute atomic E-state index is 0.0770. The molecular weight excluding hydrogens is 704 g/mol. The van der Waals surface area contributed by atoms with E-state index >= 15 is 0 Å². The van der Waals surface area contributed by atoms with Gasteiger partial charge in [0.1, 0.15) is 59.1 Å². The van der Waals surface area contributed by atoms with Gasteiger partial charge in [-0.25, -0.2) is 0 Å². The highest BCUT2D eigenvalue weighted by molar-refractivity contribution is 6.06. The van der Waals surface area contributed by atoms with E-state index in [2.05, 4.69) is 0 Å². The zero-order valence-electron chi connectivity index (χ0n) is 29.8. The van der Waals surface area contributed by atoms with Gasteiger partial charge < -0.3 is 68.5 Å². The predicted molar refractivity (Wildman–Crippen MR) is 178 cm³/mol. The Morgan fingerprint density at radius 3 is 2.02 bits per heavy atom. The number of carbonyl (C=O) groups is 3. The summed E-state index contributed by atoms with van der Waals surface area (Å²) in [6, 6.07) is 7.48. The van der Waals surface area contributed by atoms with E-state index in [1.807, 2.05) is 13.8 Å². The Kier molecular flexibility index (Phi) is 12.3. The van der Waals surface area contributed by atoms with Gasteiger partial charge in [0.25, 0.3) is 0 Å². The summed E-state index contributed by atoms with van der Waals surface area (Å²) in [7, 11) is 1.47. The van der Waals surface area contributed by atoms with Crippen LogP contribution < -0.4 is 9.47 Å². The van der Waals surface area contributed by atoms with Crippen molar-refractivity contribution in [3.8, 4) is 23.0 Å². The van der Waals surface area contributed by atoms with E-state index < -0.39 is 97.3 Å². The number of carbonyl (C=O) groups excluding carboxylic acids is 3. The molecule has 0 spiro atoms. The SMILES string of the molecule is COc1ccc(C2Oc3c(CC=C(C)C)c(O)cc(O)c3C(=O)C2OC2OC(C)C(OC(C)=O)C(OC3OC(OC(C)=O)C(O)C(O)C3O)C2O)cc1. The van der Waals surface area contributed by atoms with Gasteiger partial charge in [0.05, 0.1) is 13.2 Å². The lowest BCUT2D eigenvalue weighted by atomic mass is 9.89. The quantitative estimate of drug-likeness (QED) is 0.147. The second-order valence-corrected chi connectivity index (χ2v) is 13.1. The van der Waals surface area contributed by atoms with Crippen LogP contribution in [0.3, 0.4) is 0 Å². The number of ether oxygens (including phenoxy) is 8. The molecular formula is C36H44O17. The summed E-state index contributed by atoms with van der Waals surface area (Å²) < 4.78 is 45.4. The van der Waals surface area contributed by atoms with Gasteiger partial charge in [-0.1, -0.05) is 23.8 Å². The summed E-state index contributed by atoms with van der Waals surface area (Å²) in [5, 5.41) is 65.0. The lowest BCUT2D eigenvalue weighted by Gasteiger charge is -2.47. The maximum Gasteiger partial charge on any atom is 0.305 e. The molecule has 6 N–H and O–H groups in total. The lowest BCUT2D eigenvalue weighted by Crippen LogP contribution is -2.65. The molecule has 0 aliphatic carbocycles. The highest BCUT2D eigenvalue weighted by Crippen LogP contribution is 2.47. The van der Waals surface area contributed by atoms with Gasteiger partial charge in [0, 0.05) is 25.5 Å². The topological polar surface area (TPSA) is 246 Å². The molecule has 0 aromatic heterocycles. The number of benzene rings is 2. The number of esters is 2. The van der Waals surface area contributed by atoms with Crippen molar-refractivity contribution in [2.24, 2.45) is 0 Å². The Labute approximate surface area is 304 Å². The Morgan fingerprint density at radius 2 is 1.42 bits per heavy atom. The number of methoxy groups -OCH3 is 1. The molecule has 0 radical (unpaired) electrons. The molecule has 3 aliphatic rings. The minimum atomic E-state index is -1.95. The molecule has 5 rings (SSSR count). The van der Waals surface area contributed by atoms with Crippen molar-refractivity contribution in [3.63, 3.8) is 0 Å². The summed E-state index contributed by atoms with van der Waals surface area (Å²) in [5.41, 5.74) is 1.26. The first-order valence-corrected chi connectivity index (χ1v) is 16.8. The van der Waals surface area contributed by atoms with E-state index in [0.29, 0.717) is 11.3 Å². The number of Topliss-reactive ketones (excluding diaryl/α,β-unsaturated/α-hetero) is 1. The van der Waals surface area contributed by atoms with Crippen molar-refractivity contribution >= 4 is 17.7 Å². The van der Waals surface area contributed by atoms with Crippen molar-refractivity contribution in [1.82, 2.24) is 0 Å². The summed E-state index contributed by atoms with van der Waals surface area (Å²) in [5.74, 6) is -2.97.